The van der Waals surface area contributed by atoms with Gasteiger partial charge in [-0.25, -0.2) is 0 Å². The van der Waals surface area contributed by atoms with Crippen molar-refractivity contribution in [1.82, 2.24) is 10.2 Å². The second-order valence-electron chi connectivity index (χ2n) is 4.21. The number of amides is 1. The number of carboxylic acids is 1. The lowest BCUT2D eigenvalue weighted by Crippen LogP contribution is -2.61. The maximum Gasteiger partial charge on any atom is 0.305 e. The molecule has 88 valence electrons. The van der Waals surface area contributed by atoms with Crippen LogP contribution in [-0.4, -0.2) is 52.4 Å². The molecule has 16 heavy (non-hydrogen) atoms. The molecule has 5 N–H and O–H groups in total. The lowest BCUT2D eigenvalue weighted by Gasteiger charge is -2.35. The zero-order chi connectivity index (χ0) is 11.9. The normalized spacial score (nSPS) is 33.6. The molecule has 0 saturated carbocycles. The van der Waals surface area contributed by atoms with E-state index in [4.69, 9.17) is 16.2 Å². The smallest absolute Gasteiger partial charge is 0.305 e. The Balaban J connectivity index is 2.15. The minimum absolute atomic E-state index is 0.125. The number of carbonyl (C=O) groups excluding carboxylic acids is 1. The highest BCUT2D eigenvalue weighted by Crippen LogP contribution is 2.22. The van der Waals surface area contributed by atoms with Gasteiger partial charge in [0.25, 0.3) is 0 Å². The fraction of sp³-hybridized carbons (Fsp3) is 0.667. The van der Waals surface area contributed by atoms with Crippen molar-refractivity contribution in [2.75, 3.05) is 6.54 Å². The van der Waals surface area contributed by atoms with Crippen LogP contribution in [0, 0.1) is 5.41 Å². The van der Waals surface area contributed by atoms with Crippen molar-refractivity contribution in [2.45, 2.75) is 31.0 Å². The summed E-state index contributed by atoms with van der Waals surface area (Å²) in [6.45, 7) is 0.406. The molecule has 2 saturated heterocycles. The first-order chi connectivity index (χ1) is 7.49. The average molecular weight is 226 g/mol. The minimum atomic E-state index is -1.06. The van der Waals surface area contributed by atoms with Crippen LogP contribution in [0.5, 0.6) is 0 Å². The highest BCUT2D eigenvalue weighted by molar-refractivity contribution is 6.00. The van der Waals surface area contributed by atoms with Crippen molar-refractivity contribution in [3.05, 3.63) is 0 Å². The highest BCUT2D eigenvalue weighted by Gasteiger charge is 2.44. The van der Waals surface area contributed by atoms with Gasteiger partial charge in [0.05, 0.1) is 12.5 Å². The van der Waals surface area contributed by atoms with Crippen molar-refractivity contribution >= 4 is 17.7 Å². The highest BCUT2D eigenvalue weighted by atomic mass is 16.4. The minimum Gasteiger partial charge on any atom is -0.481 e. The van der Waals surface area contributed by atoms with Crippen LogP contribution in [0.3, 0.4) is 0 Å². The number of nitrogens with zero attached hydrogens (tertiary/aromatic N) is 1. The Morgan fingerprint density at radius 3 is 3.00 bits per heavy atom. The van der Waals surface area contributed by atoms with Gasteiger partial charge in [-0.15, -0.1) is 0 Å². The van der Waals surface area contributed by atoms with Crippen LogP contribution in [0.1, 0.15) is 12.8 Å². The van der Waals surface area contributed by atoms with E-state index in [1.54, 1.807) is 0 Å². The number of rotatable bonds is 2. The molecule has 1 amide bonds. The molecule has 2 heterocycles. The van der Waals surface area contributed by atoms with Gasteiger partial charge in [-0.3, -0.25) is 15.0 Å². The predicted octanol–water partition coefficient (Wildman–Crippen LogP) is -1.66. The molecule has 2 aliphatic rings. The molecule has 1 unspecified atom stereocenters. The lowest BCUT2D eigenvalue weighted by atomic mass is 10.1. The van der Waals surface area contributed by atoms with Crippen LogP contribution >= 0.6 is 0 Å². The van der Waals surface area contributed by atoms with Gasteiger partial charge in [-0.05, 0) is 6.42 Å². The molecule has 0 spiro atoms. The van der Waals surface area contributed by atoms with Crippen LogP contribution in [0.4, 0.5) is 0 Å². The van der Waals surface area contributed by atoms with Gasteiger partial charge >= 0.3 is 5.97 Å². The molecule has 0 aromatic rings. The molecule has 0 radical (unpaired) electrons. The number of aliphatic carboxylic acids is 1. The van der Waals surface area contributed by atoms with E-state index in [9.17, 15) is 9.59 Å². The summed E-state index contributed by atoms with van der Waals surface area (Å²) in [5, 5.41) is 19.0. The predicted molar refractivity (Wildman–Crippen MR) is 55.0 cm³/mol. The topological polar surface area (TPSA) is 120 Å². The van der Waals surface area contributed by atoms with Crippen LogP contribution in [0.15, 0.2) is 0 Å². The summed E-state index contributed by atoms with van der Waals surface area (Å²) in [5.74, 6) is -1.13. The molecule has 3 atom stereocenters. The first-order valence-corrected chi connectivity index (χ1v) is 5.12. The third-order valence-corrected chi connectivity index (χ3v) is 2.96. The van der Waals surface area contributed by atoms with E-state index in [2.05, 4.69) is 5.32 Å². The second kappa shape index (κ2) is 3.75. The summed E-state index contributed by atoms with van der Waals surface area (Å²) in [7, 11) is 0. The number of hydrogen-bond donors (Lipinski definition) is 4. The van der Waals surface area contributed by atoms with Crippen molar-refractivity contribution < 1.29 is 14.7 Å². The molecule has 0 aliphatic carbocycles. The monoisotopic (exact) mass is 226 g/mol. The quantitative estimate of drug-likeness (QED) is 0.449. The zero-order valence-electron chi connectivity index (χ0n) is 8.64. The summed E-state index contributed by atoms with van der Waals surface area (Å²) in [6, 6.07) is -1.25. The first kappa shape index (κ1) is 10.9. The molecule has 2 rings (SSSR count). The Morgan fingerprint density at radius 2 is 2.38 bits per heavy atom. The first-order valence-electron chi connectivity index (χ1n) is 5.12. The van der Waals surface area contributed by atoms with Gasteiger partial charge in [0.2, 0.25) is 5.91 Å². The fourth-order valence-corrected chi connectivity index (χ4v) is 2.24. The molecule has 0 aromatic carbocycles. The van der Waals surface area contributed by atoms with Gasteiger partial charge in [-0.1, -0.05) is 0 Å². The van der Waals surface area contributed by atoms with E-state index >= 15 is 0 Å². The Morgan fingerprint density at radius 1 is 1.69 bits per heavy atom. The third kappa shape index (κ3) is 1.73. The van der Waals surface area contributed by atoms with Gasteiger partial charge < -0.3 is 21.1 Å². The van der Waals surface area contributed by atoms with Crippen LogP contribution in [-0.2, 0) is 9.59 Å². The van der Waals surface area contributed by atoms with Crippen molar-refractivity contribution in [1.29, 1.82) is 5.41 Å². The molecule has 7 nitrogen and oxygen atoms in total. The lowest BCUT2D eigenvalue weighted by molar-refractivity contribution is -0.143. The van der Waals surface area contributed by atoms with Gasteiger partial charge in [0, 0.05) is 12.6 Å². The third-order valence-electron chi connectivity index (χ3n) is 2.96. The summed E-state index contributed by atoms with van der Waals surface area (Å²) in [6.07, 6.45) is 0.261. The van der Waals surface area contributed by atoms with Crippen LogP contribution in [0.25, 0.3) is 0 Å². The summed E-state index contributed by atoms with van der Waals surface area (Å²) in [4.78, 5) is 24.0. The number of nitrogens with one attached hydrogen (secondary N) is 2. The number of carbonyl (C=O) groups is 2. The summed E-state index contributed by atoms with van der Waals surface area (Å²) in [5.41, 5.74) is 5.73. The Labute approximate surface area is 92.1 Å². The van der Waals surface area contributed by atoms with E-state index in [1.165, 1.54) is 4.90 Å². The molecule has 2 aliphatic heterocycles. The number of carboxylic acid groups (broad SMARTS) is 1. The maximum atomic E-state index is 11.9. The average Bonchev–Trinajstić information content (AvgIpc) is 2.56. The van der Waals surface area contributed by atoms with Gasteiger partial charge in [0.1, 0.15) is 11.9 Å². The van der Waals surface area contributed by atoms with Crippen LogP contribution < -0.4 is 11.1 Å². The Kier molecular flexibility index (Phi) is 2.55. The molecule has 0 aromatic heterocycles. The zero-order valence-corrected chi connectivity index (χ0v) is 8.64. The van der Waals surface area contributed by atoms with Crippen LogP contribution in [0.2, 0.25) is 0 Å². The van der Waals surface area contributed by atoms with E-state index < -0.39 is 12.0 Å². The second-order valence-corrected chi connectivity index (χ2v) is 4.21. The standard InChI is InChI=1S/C9H14N4O3/c10-4-1-6-8(11)12-5(2-7(14)15)9(16)13(6)3-4/h4-6H,1-3,10H2,(H2,11,12)(H,14,15)/t4-,5-,6?/m0/s1. The Hall–Kier alpha value is -1.63. The molecular formula is C9H14N4O3. The number of piperazine rings is 1. The van der Waals surface area contributed by atoms with Crippen molar-refractivity contribution in [2.24, 2.45) is 5.73 Å². The largest absolute Gasteiger partial charge is 0.481 e. The number of hydrogen-bond acceptors (Lipinski definition) is 4. The number of nitrogens with two attached hydrogens (primary N) is 1. The number of fused-ring (bicyclic) bond motifs is 1. The van der Waals surface area contributed by atoms with E-state index in [0.717, 1.165) is 0 Å². The van der Waals surface area contributed by atoms with E-state index in [1.807, 2.05) is 0 Å². The van der Waals surface area contributed by atoms with E-state index in [0.29, 0.717) is 13.0 Å². The molecular weight excluding hydrogens is 212 g/mol. The van der Waals surface area contributed by atoms with E-state index in [-0.39, 0.29) is 30.2 Å². The number of amidine groups is 1. The molecule has 0 bridgehead atoms. The Bertz CT molecular complexity index is 357. The van der Waals surface area contributed by atoms with Gasteiger partial charge in [0.15, 0.2) is 0 Å². The molecule has 2 fully saturated rings. The van der Waals surface area contributed by atoms with Crippen molar-refractivity contribution in [3.8, 4) is 0 Å². The molecule has 7 heteroatoms. The van der Waals surface area contributed by atoms with Gasteiger partial charge in [-0.2, -0.15) is 0 Å². The SMILES string of the molecule is N=C1N[C@@H](CC(=O)O)C(=O)N2C[C@@H](N)CC12. The maximum absolute atomic E-state index is 11.9. The fourth-order valence-electron chi connectivity index (χ4n) is 2.24. The summed E-state index contributed by atoms with van der Waals surface area (Å²) >= 11 is 0. The van der Waals surface area contributed by atoms with Crippen molar-refractivity contribution in [3.63, 3.8) is 0 Å². The summed E-state index contributed by atoms with van der Waals surface area (Å²) < 4.78 is 0.